The van der Waals surface area contributed by atoms with Crippen LogP contribution >= 0.6 is 0 Å². The lowest BCUT2D eigenvalue weighted by Crippen LogP contribution is -2.59. The number of Topliss-reactive ketones (excluding diaryl/α,β-unsaturated/α-hetero) is 1. The van der Waals surface area contributed by atoms with Gasteiger partial charge in [-0.15, -0.1) is 0 Å². The first kappa shape index (κ1) is 45.1. The Morgan fingerprint density at radius 3 is 1.84 bits per heavy atom. The van der Waals surface area contributed by atoms with E-state index in [0.717, 1.165) is 32.1 Å². The van der Waals surface area contributed by atoms with Gasteiger partial charge in [-0.3, -0.25) is 24.0 Å². The van der Waals surface area contributed by atoms with Crippen molar-refractivity contribution in [3.8, 4) is 0 Å². The maximum atomic E-state index is 13.8. The van der Waals surface area contributed by atoms with Crippen LogP contribution in [-0.4, -0.2) is 79.9 Å². The van der Waals surface area contributed by atoms with Crippen molar-refractivity contribution < 1.29 is 43.0 Å². The van der Waals surface area contributed by atoms with Crippen LogP contribution in [0.15, 0.2) is 60.7 Å². The van der Waals surface area contributed by atoms with Gasteiger partial charge in [0, 0.05) is 0 Å². The molecule has 3 rings (SSSR count). The average Bonchev–Trinajstić information content (AvgIpc) is 3.19. The quantitative estimate of drug-likeness (QED) is 0.0973. The number of benzene rings is 2. The minimum absolute atomic E-state index is 0.0471. The Kier molecular flexibility index (Phi) is 18.0. The molecule has 0 aromatic heterocycles. The van der Waals surface area contributed by atoms with Gasteiger partial charge in [0.2, 0.25) is 23.5 Å². The summed E-state index contributed by atoms with van der Waals surface area (Å²) in [4.78, 5) is 93.8. The molecule has 0 saturated heterocycles. The molecule has 0 heterocycles. The number of alkyl carbamates (subject to hydrolysis) is 1. The molecule has 0 spiro atoms. The fourth-order valence-corrected chi connectivity index (χ4v) is 6.86. The lowest BCUT2D eigenvalue weighted by Gasteiger charge is -2.33. The largest absolute Gasteiger partial charge is 0.467 e. The van der Waals surface area contributed by atoms with Crippen molar-refractivity contribution in [3.63, 3.8) is 0 Å². The number of methoxy groups -OCH3 is 1. The van der Waals surface area contributed by atoms with Crippen LogP contribution in [-0.2, 0) is 43.8 Å². The smallest absolute Gasteiger partial charge is 0.407 e. The molecular formula is C42H59N5O9. The molecule has 5 N–H and O–H groups in total. The van der Waals surface area contributed by atoms with Crippen molar-refractivity contribution in [1.29, 1.82) is 0 Å². The summed E-state index contributed by atoms with van der Waals surface area (Å²) in [5, 5.41) is 13.2. The van der Waals surface area contributed by atoms with Gasteiger partial charge in [0.05, 0.1) is 26.3 Å². The molecule has 1 unspecified atom stereocenters. The number of ketones is 1. The predicted octanol–water partition coefficient (Wildman–Crippen LogP) is 4.05. The van der Waals surface area contributed by atoms with E-state index in [1.807, 2.05) is 27.7 Å². The van der Waals surface area contributed by atoms with E-state index in [1.54, 1.807) is 67.6 Å². The molecule has 2 aromatic carbocycles. The van der Waals surface area contributed by atoms with Crippen LogP contribution in [0.4, 0.5) is 4.79 Å². The van der Waals surface area contributed by atoms with E-state index in [-0.39, 0.29) is 37.2 Å². The van der Waals surface area contributed by atoms with Crippen molar-refractivity contribution in [2.24, 2.45) is 17.8 Å². The number of amides is 5. The monoisotopic (exact) mass is 777 g/mol. The number of rotatable bonds is 20. The van der Waals surface area contributed by atoms with Crippen molar-refractivity contribution in [1.82, 2.24) is 26.6 Å². The molecule has 14 nitrogen and oxygen atoms in total. The summed E-state index contributed by atoms with van der Waals surface area (Å²) < 4.78 is 10.4. The first-order valence-electron chi connectivity index (χ1n) is 19.6. The molecule has 56 heavy (non-hydrogen) atoms. The van der Waals surface area contributed by atoms with E-state index < -0.39 is 71.7 Å². The molecule has 1 aliphatic carbocycles. The first-order chi connectivity index (χ1) is 26.7. The van der Waals surface area contributed by atoms with E-state index in [2.05, 4.69) is 26.6 Å². The molecular weight excluding hydrogens is 718 g/mol. The molecule has 306 valence electrons. The Labute approximate surface area is 330 Å². The van der Waals surface area contributed by atoms with Crippen molar-refractivity contribution >= 4 is 41.5 Å². The van der Waals surface area contributed by atoms with Crippen LogP contribution < -0.4 is 26.6 Å². The first-order valence-corrected chi connectivity index (χ1v) is 19.6. The summed E-state index contributed by atoms with van der Waals surface area (Å²) in [5.74, 6) is -4.94. The van der Waals surface area contributed by atoms with Gasteiger partial charge >= 0.3 is 12.1 Å². The SMILES string of the molecule is CCCC(NC(=O)[C@H](CC(C)C)NC(=O)[C@@H](NC(=O)OCC(C)C)C1CCCCC1)C(=O)C(=O)NCC(=O)NC(C(=O)OC)(c1ccccc1)c1ccccc1. The van der Waals surface area contributed by atoms with E-state index in [0.29, 0.717) is 17.5 Å². The second kappa shape index (κ2) is 22.3. The minimum atomic E-state index is -1.77. The number of nitrogens with one attached hydrogen (secondary N) is 5. The van der Waals surface area contributed by atoms with E-state index >= 15 is 0 Å². The lowest BCUT2D eigenvalue weighted by atomic mass is 9.82. The molecule has 0 bridgehead atoms. The zero-order valence-corrected chi connectivity index (χ0v) is 33.5. The van der Waals surface area contributed by atoms with Gasteiger partial charge in [0.25, 0.3) is 5.91 Å². The second-order valence-electron chi connectivity index (χ2n) is 15.1. The maximum absolute atomic E-state index is 13.8. The second-order valence-corrected chi connectivity index (χ2v) is 15.1. The maximum Gasteiger partial charge on any atom is 0.407 e. The topological polar surface area (TPSA) is 198 Å². The number of carbonyl (C=O) groups is 7. The highest BCUT2D eigenvalue weighted by molar-refractivity contribution is 6.38. The zero-order chi connectivity index (χ0) is 41.3. The van der Waals surface area contributed by atoms with Gasteiger partial charge < -0.3 is 36.1 Å². The summed E-state index contributed by atoms with van der Waals surface area (Å²) in [6.45, 7) is 8.86. The molecule has 1 saturated carbocycles. The fourth-order valence-electron chi connectivity index (χ4n) is 6.86. The average molecular weight is 778 g/mol. The third-order valence-corrected chi connectivity index (χ3v) is 9.64. The summed E-state index contributed by atoms with van der Waals surface area (Å²) in [7, 11) is 1.20. The van der Waals surface area contributed by atoms with E-state index in [9.17, 15) is 33.6 Å². The molecule has 2 aromatic rings. The highest BCUT2D eigenvalue weighted by Gasteiger charge is 2.45. The Bertz CT molecular complexity index is 1590. The summed E-state index contributed by atoms with van der Waals surface area (Å²) >= 11 is 0. The Hall–Kier alpha value is -5.27. The van der Waals surface area contributed by atoms with Crippen molar-refractivity contribution in [3.05, 3.63) is 71.8 Å². The van der Waals surface area contributed by atoms with Crippen molar-refractivity contribution in [2.45, 2.75) is 110 Å². The predicted molar refractivity (Wildman–Crippen MR) is 210 cm³/mol. The van der Waals surface area contributed by atoms with E-state index in [1.165, 1.54) is 7.11 Å². The number of hydrogen-bond acceptors (Lipinski definition) is 9. The lowest BCUT2D eigenvalue weighted by molar-refractivity contribution is -0.149. The van der Waals surface area contributed by atoms with Crippen LogP contribution in [0.1, 0.15) is 97.1 Å². The van der Waals surface area contributed by atoms with Crippen LogP contribution in [0.3, 0.4) is 0 Å². The molecule has 1 fully saturated rings. The van der Waals surface area contributed by atoms with Gasteiger partial charge in [0.15, 0.2) is 5.54 Å². The highest BCUT2D eigenvalue weighted by atomic mass is 16.5. The standard InChI is InChI=1S/C42H59N5O9/c1-7-17-32(44-37(50)33(24-27(2)3)45-38(51)35(29-18-11-8-12-19-29)46-41(54)56-26-28(4)5)36(49)39(52)43-25-34(48)47-42(40(53)55-6,30-20-13-9-14-21-30)31-22-15-10-16-23-31/h9-10,13-16,20-23,27-29,32-33,35H,7-8,11-12,17-19,24-26H2,1-6H3,(H,43,52)(H,44,50)(H,45,51)(H,46,54)(H,47,48)/t32?,33-,35-/m0/s1. The molecule has 5 amide bonds. The third kappa shape index (κ3) is 12.9. The van der Waals surface area contributed by atoms with Crippen LogP contribution in [0.5, 0.6) is 0 Å². The fraction of sp³-hybridized carbons (Fsp3) is 0.548. The zero-order valence-electron chi connectivity index (χ0n) is 33.5. The third-order valence-electron chi connectivity index (χ3n) is 9.64. The Balaban J connectivity index is 1.74. The molecule has 3 atom stereocenters. The Morgan fingerprint density at radius 2 is 1.32 bits per heavy atom. The van der Waals surface area contributed by atoms with Gasteiger partial charge in [-0.1, -0.05) is 121 Å². The van der Waals surface area contributed by atoms with Crippen molar-refractivity contribution in [2.75, 3.05) is 20.3 Å². The summed E-state index contributed by atoms with van der Waals surface area (Å²) in [6.07, 6.45) is 4.34. The van der Waals surface area contributed by atoms with Crippen LogP contribution in [0, 0.1) is 17.8 Å². The molecule has 14 heteroatoms. The normalized spacial score (nSPS) is 14.8. The highest BCUT2D eigenvalue weighted by Crippen LogP contribution is 2.31. The molecule has 0 aliphatic heterocycles. The van der Waals surface area contributed by atoms with Crippen LogP contribution in [0.25, 0.3) is 0 Å². The van der Waals surface area contributed by atoms with Crippen LogP contribution in [0.2, 0.25) is 0 Å². The number of carbonyl (C=O) groups excluding carboxylic acids is 7. The van der Waals surface area contributed by atoms with Gasteiger partial charge in [-0.2, -0.15) is 0 Å². The Morgan fingerprint density at radius 1 is 0.750 bits per heavy atom. The minimum Gasteiger partial charge on any atom is -0.467 e. The number of esters is 1. The molecule has 1 aliphatic rings. The summed E-state index contributed by atoms with van der Waals surface area (Å²) in [6, 6.07) is 13.7. The number of ether oxygens (including phenoxy) is 2. The van der Waals surface area contributed by atoms with Gasteiger partial charge in [-0.05, 0) is 54.6 Å². The van der Waals surface area contributed by atoms with Gasteiger partial charge in [-0.25, -0.2) is 9.59 Å². The van der Waals surface area contributed by atoms with Gasteiger partial charge in [0.1, 0.15) is 12.1 Å². The van der Waals surface area contributed by atoms with E-state index in [4.69, 9.17) is 9.47 Å². The summed E-state index contributed by atoms with van der Waals surface area (Å²) in [5.41, 5.74) is -0.943. The molecule has 0 radical (unpaired) electrons. The number of hydrogen-bond donors (Lipinski definition) is 5.